The zero-order valence-corrected chi connectivity index (χ0v) is 14.2. The van der Waals surface area contributed by atoms with Crippen LogP contribution < -0.4 is 0 Å². The fourth-order valence-corrected chi connectivity index (χ4v) is 3.59. The van der Waals surface area contributed by atoms with E-state index < -0.39 is 0 Å². The Morgan fingerprint density at radius 3 is 2.57 bits per heavy atom. The smallest absolute Gasteiger partial charge is 0.225 e. The van der Waals surface area contributed by atoms with Gasteiger partial charge in [-0.15, -0.1) is 0 Å². The third kappa shape index (κ3) is 4.43. The molecule has 2 fully saturated rings. The lowest BCUT2D eigenvalue weighted by Gasteiger charge is -2.36. The molecule has 1 unspecified atom stereocenters. The molecule has 0 aromatic heterocycles. The number of nitrogens with zero attached hydrogens (tertiary/aromatic N) is 2. The first kappa shape index (κ1) is 16.8. The van der Waals surface area contributed by atoms with Crippen LogP contribution >= 0.6 is 0 Å². The summed E-state index contributed by atoms with van der Waals surface area (Å²) in [5.74, 6) is 0.412. The van der Waals surface area contributed by atoms with E-state index in [4.69, 9.17) is 4.74 Å². The maximum Gasteiger partial charge on any atom is 0.225 e. The van der Waals surface area contributed by atoms with E-state index in [-0.39, 0.29) is 11.3 Å². The van der Waals surface area contributed by atoms with Gasteiger partial charge in [-0.2, -0.15) is 0 Å². The van der Waals surface area contributed by atoms with Crippen LogP contribution in [0.15, 0.2) is 0 Å². The molecule has 2 saturated heterocycles. The molecule has 2 aliphatic heterocycles. The number of carbonyl (C=O) groups excluding carboxylic acids is 1. The van der Waals surface area contributed by atoms with Crippen LogP contribution in [0, 0.1) is 11.3 Å². The summed E-state index contributed by atoms with van der Waals surface area (Å²) in [5, 5.41) is 0. The van der Waals surface area contributed by atoms with Crippen molar-refractivity contribution in [3.05, 3.63) is 0 Å². The highest BCUT2D eigenvalue weighted by Crippen LogP contribution is 2.32. The van der Waals surface area contributed by atoms with Gasteiger partial charge in [-0.1, -0.05) is 27.7 Å². The molecule has 0 bridgehead atoms. The lowest BCUT2D eigenvalue weighted by molar-refractivity contribution is -0.134. The molecular weight excluding hydrogens is 264 g/mol. The number of hydrogen-bond acceptors (Lipinski definition) is 3. The van der Waals surface area contributed by atoms with Crippen LogP contribution in [-0.2, 0) is 9.53 Å². The second-order valence-corrected chi connectivity index (χ2v) is 7.60. The summed E-state index contributed by atoms with van der Waals surface area (Å²) in [6, 6.07) is 0. The zero-order chi connectivity index (χ0) is 15.5. The van der Waals surface area contributed by atoms with Crippen molar-refractivity contribution < 1.29 is 9.53 Å². The van der Waals surface area contributed by atoms with Crippen LogP contribution in [0.3, 0.4) is 0 Å². The SMILES string of the molecule is CC(C)C(=O)N1CCCN(CC(C)(C)C2CCCO2)CC1. The summed E-state index contributed by atoms with van der Waals surface area (Å²) in [6.07, 6.45) is 3.87. The third-order valence-electron chi connectivity index (χ3n) is 4.83. The highest BCUT2D eigenvalue weighted by Gasteiger charge is 2.35. The molecule has 4 nitrogen and oxygen atoms in total. The summed E-state index contributed by atoms with van der Waals surface area (Å²) >= 11 is 0. The molecule has 2 heterocycles. The Balaban J connectivity index is 1.86. The number of ether oxygens (including phenoxy) is 1. The van der Waals surface area contributed by atoms with Crippen LogP contribution in [-0.4, -0.2) is 61.1 Å². The molecule has 0 radical (unpaired) electrons. The minimum absolute atomic E-state index is 0.111. The highest BCUT2D eigenvalue weighted by molar-refractivity contribution is 5.78. The number of hydrogen-bond donors (Lipinski definition) is 0. The van der Waals surface area contributed by atoms with Gasteiger partial charge in [-0.25, -0.2) is 0 Å². The maximum absolute atomic E-state index is 12.1. The maximum atomic E-state index is 12.1. The Morgan fingerprint density at radius 2 is 1.95 bits per heavy atom. The van der Waals surface area contributed by atoms with Gasteiger partial charge in [0.1, 0.15) is 0 Å². The van der Waals surface area contributed by atoms with Crippen LogP contribution in [0.4, 0.5) is 0 Å². The molecule has 0 spiro atoms. The molecule has 4 heteroatoms. The second kappa shape index (κ2) is 7.10. The molecule has 0 N–H and O–H groups in total. The molecule has 2 rings (SSSR count). The Hall–Kier alpha value is -0.610. The van der Waals surface area contributed by atoms with Gasteiger partial charge in [0.05, 0.1) is 6.10 Å². The van der Waals surface area contributed by atoms with Gasteiger partial charge in [0.25, 0.3) is 0 Å². The Bertz CT molecular complexity index is 349. The summed E-state index contributed by atoms with van der Waals surface area (Å²) in [6.45, 7) is 14.5. The Morgan fingerprint density at radius 1 is 1.19 bits per heavy atom. The molecule has 21 heavy (non-hydrogen) atoms. The summed E-state index contributed by atoms with van der Waals surface area (Å²) < 4.78 is 5.89. The van der Waals surface area contributed by atoms with Crippen LogP contribution in [0.1, 0.15) is 47.0 Å². The van der Waals surface area contributed by atoms with Gasteiger partial charge < -0.3 is 14.5 Å². The topological polar surface area (TPSA) is 32.8 Å². The molecule has 0 saturated carbocycles. The van der Waals surface area contributed by atoms with E-state index in [1.54, 1.807) is 0 Å². The summed E-state index contributed by atoms with van der Waals surface area (Å²) in [5.41, 5.74) is 0.202. The largest absolute Gasteiger partial charge is 0.378 e. The average Bonchev–Trinajstić information content (AvgIpc) is 2.87. The minimum Gasteiger partial charge on any atom is -0.378 e. The molecule has 1 amide bonds. The molecule has 1 atom stereocenters. The summed E-state index contributed by atoms with van der Waals surface area (Å²) in [7, 11) is 0. The average molecular weight is 296 g/mol. The standard InChI is InChI=1S/C17H32N2O2/c1-14(2)16(20)19-9-6-8-18(10-11-19)13-17(3,4)15-7-5-12-21-15/h14-15H,5-13H2,1-4H3. The van der Waals surface area contributed by atoms with Gasteiger partial charge in [0.2, 0.25) is 5.91 Å². The predicted octanol–water partition coefficient (Wildman–Crippen LogP) is 2.38. The van der Waals surface area contributed by atoms with E-state index in [1.165, 1.54) is 12.8 Å². The van der Waals surface area contributed by atoms with Crippen molar-refractivity contribution in [3.8, 4) is 0 Å². The van der Waals surface area contributed by atoms with Gasteiger partial charge >= 0.3 is 0 Å². The van der Waals surface area contributed by atoms with Crippen molar-refractivity contribution in [3.63, 3.8) is 0 Å². The number of carbonyl (C=O) groups is 1. The first-order valence-electron chi connectivity index (χ1n) is 8.53. The molecule has 122 valence electrons. The lowest BCUT2D eigenvalue weighted by atomic mass is 9.84. The first-order valence-corrected chi connectivity index (χ1v) is 8.53. The van der Waals surface area contributed by atoms with Crippen LogP contribution in [0.25, 0.3) is 0 Å². The van der Waals surface area contributed by atoms with Gasteiger partial charge in [0, 0.05) is 44.1 Å². The van der Waals surface area contributed by atoms with Gasteiger partial charge in [0.15, 0.2) is 0 Å². The van der Waals surface area contributed by atoms with Gasteiger partial charge in [-0.05, 0) is 25.8 Å². The fourth-order valence-electron chi connectivity index (χ4n) is 3.59. The Labute approximate surface area is 129 Å². The number of rotatable bonds is 4. The van der Waals surface area contributed by atoms with Crippen molar-refractivity contribution in [2.45, 2.75) is 53.1 Å². The summed E-state index contributed by atoms with van der Waals surface area (Å²) in [4.78, 5) is 16.7. The van der Waals surface area contributed by atoms with E-state index in [0.29, 0.717) is 12.0 Å². The van der Waals surface area contributed by atoms with E-state index in [1.807, 2.05) is 18.7 Å². The molecule has 0 aromatic rings. The van der Waals surface area contributed by atoms with E-state index in [2.05, 4.69) is 18.7 Å². The predicted molar refractivity (Wildman–Crippen MR) is 85.2 cm³/mol. The van der Waals surface area contributed by atoms with Crippen LogP contribution in [0.2, 0.25) is 0 Å². The Kier molecular flexibility index (Phi) is 5.67. The van der Waals surface area contributed by atoms with E-state index in [9.17, 15) is 4.79 Å². The van der Waals surface area contributed by atoms with E-state index in [0.717, 1.165) is 45.8 Å². The molecule has 0 aromatic carbocycles. The van der Waals surface area contributed by atoms with Crippen molar-refractivity contribution in [1.82, 2.24) is 9.80 Å². The van der Waals surface area contributed by atoms with Crippen molar-refractivity contribution in [1.29, 1.82) is 0 Å². The first-order chi connectivity index (χ1) is 9.90. The van der Waals surface area contributed by atoms with E-state index >= 15 is 0 Å². The zero-order valence-electron chi connectivity index (χ0n) is 14.2. The van der Waals surface area contributed by atoms with Crippen molar-refractivity contribution in [2.24, 2.45) is 11.3 Å². The van der Waals surface area contributed by atoms with Gasteiger partial charge in [-0.3, -0.25) is 4.79 Å². The van der Waals surface area contributed by atoms with Crippen LogP contribution in [0.5, 0.6) is 0 Å². The monoisotopic (exact) mass is 296 g/mol. The quantitative estimate of drug-likeness (QED) is 0.798. The minimum atomic E-state index is 0.111. The third-order valence-corrected chi connectivity index (χ3v) is 4.83. The fraction of sp³-hybridized carbons (Fsp3) is 0.941. The molecule has 0 aliphatic carbocycles. The second-order valence-electron chi connectivity index (χ2n) is 7.60. The lowest BCUT2D eigenvalue weighted by Crippen LogP contribution is -2.43. The van der Waals surface area contributed by atoms with Crippen molar-refractivity contribution in [2.75, 3.05) is 39.3 Å². The highest BCUT2D eigenvalue weighted by atomic mass is 16.5. The number of amides is 1. The van der Waals surface area contributed by atoms with Crippen molar-refractivity contribution >= 4 is 5.91 Å². The molecule has 2 aliphatic rings. The normalized spacial score (nSPS) is 25.4. The molecular formula is C17H32N2O2.